The lowest BCUT2D eigenvalue weighted by Crippen LogP contribution is -2.02. The van der Waals surface area contributed by atoms with E-state index >= 15 is 0 Å². The fourth-order valence-corrected chi connectivity index (χ4v) is 2.26. The monoisotopic (exact) mass is 272 g/mol. The Morgan fingerprint density at radius 1 is 1.50 bits per heavy atom. The maximum absolute atomic E-state index is 10.4. The van der Waals surface area contributed by atoms with Gasteiger partial charge in [0.05, 0.1) is 12.1 Å². The normalized spacial score (nSPS) is 10.5. The molecule has 0 aliphatic carbocycles. The van der Waals surface area contributed by atoms with E-state index in [4.69, 9.17) is 9.84 Å². The lowest BCUT2D eigenvalue weighted by atomic mass is 10.2. The van der Waals surface area contributed by atoms with Gasteiger partial charge in [-0.25, -0.2) is 4.98 Å². The van der Waals surface area contributed by atoms with Gasteiger partial charge in [-0.2, -0.15) is 0 Å². The molecule has 1 heterocycles. The number of aromatic nitrogens is 1. The van der Waals surface area contributed by atoms with Crippen LogP contribution in [-0.4, -0.2) is 36.3 Å². The maximum Gasteiger partial charge on any atom is 0.303 e. The number of carbonyl (C=O) groups is 1. The highest BCUT2D eigenvalue weighted by atomic mass is 32.1. The van der Waals surface area contributed by atoms with E-state index in [1.165, 1.54) is 11.3 Å². The fraction of sp³-hybridized carbons (Fsp3) is 0.667. The van der Waals surface area contributed by atoms with Gasteiger partial charge in [0.15, 0.2) is 5.13 Å². The predicted octanol–water partition coefficient (Wildman–Crippen LogP) is 2.39. The van der Waals surface area contributed by atoms with Crippen LogP contribution in [0.15, 0.2) is 5.38 Å². The number of anilines is 1. The topological polar surface area (TPSA) is 71.5 Å². The minimum atomic E-state index is -0.782. The molecule has 0 aromatic carbocycles. The highest BCUT2D eigenvalue weighted by Crippen LogP contribution is 2.16. The van der Waals surface area contributed by atoms with Crippen LogP contribution in [0.5, 0.6) is 0 Å². The van der Waals surface area contributed by atoms with Crippen LogP contribution in [0.2, 0.25) is 0 Å². The van der Waals surface area contributed by atoms with Crippen molar-refractivity contribution in [3.8, 4) is 0 Å². The summed E-state index contributed by atoms with van der Waals surface area (Å²) in [5.74, 6) is -0.782. The average Bonchev–Trinajstić information content (AvgIpc) is 2.79. The summed E-state index contributed by atoms with van der Waals surface area (Å²) in [4.78, 5) is 14.8. The van der Waals surface area contributed by atoms with Crippen molar-refractivity contribution >= 4 is 22.4 Å². The number of carboxylic acid groups (broad SMARTS) is 1. The van der Waals surface area contributed by atoms with Crippen LogP contribution in [0.3, 0.4) is 0 Å². The highest BCUT2D eigenvalue weighted by Gasteiger charge is 2.04. The van der Waals surface area contributed by atoms with Gasteiger partial charge in [-0.15, -0.1) is 11.3 Å². The molecule has 0 unspecified atom stereocenters. The molecule has 0 spiro atoms. The SMILES string of the molecule is COCCCCCNc1nc(CCC(=O)O)cs1. The van der Waals surface area contributed by atoms with Crippen LogP contribution >= 0.6 is 11.3 Å². The van der Waals surface area contributed by atoms with Gasteiger partial charge in [0.1, 0.15) is 0 Å². The lowest BCUT2D eigenvalue weighted by Gasteiger charge is -2.02. The number of nitrogens with zero attached hydrogens (tertiary/aromatic N) is 1. The lowest BCUT2D eigenvalue weighted by molar-refractivity contribution is -0.136. The molecule has 18 heavy (non-hydrogen) atoms. The summed E-state index contributed by atoms with van der Waals surface area (Å²) in [6.07, 6.45) is 3.95. The first-order chi connectivity index (χ1) is 8.72. The third-order valence-corrected chi connectivity index (χ3v) is 3.30. The van der Waals surface area contributed by atoms with E-state index in [9.17, 15) is 4.79 Å². The molecular formula is C12H20N2O3S. The summed E-state index contributed by atoms with van der Waals surface area (Å²) in [6.45, 7) is 1.71. The van der Waals surface area contributed by atoms with Crippen molar-refractivity contribution in [2.24, 2.45) is 0 Å². The zero-order chi connectivity index (χ0) is 13.2. The summed E-state index contributed by atoms with van der Waals surface area (Å²) in [5, 5.41) is 14.6. The molecule has 0 aliphatic rings. The highest BCUT2D eigenvalue weighted by molar-refractivity contribution is 7.13. The molecule has 0 radical (unpaired) electrons. The number of unbranched alkanes of at least 4 members (excludes halogenated alkanes) is 2. The Bertz CT molecular complexity index is 355. The Labute approximate surface area is 111 Å². The number of hydrogen-bond acceptors (Lipinski definition) is 5. The zero-order valence-corrected chi connectivity index (χ0v) is 11.5. The molecule has 6 heteroatoms. The molecule has 0 saturated carbocycles. The number of thiazole rings is 1. The number of hydrogen-bond donors (Lipinski definition) is 2. The van der Waals surface area contributed by atoms with Gasteiger partial charge < -0.3 is 15.2 Å². The molecule has 0 bridgehead atoms. The number of nitrogens with one attached hydrogen (secondary N) is 1. The van der Waals surface area contributed by atoms with Crippen LogP contribution < -0.4 is 5.32 Å². The average molecular weight is 272 g/mol. The number of methoxy groups -OCH3 is 1. The summed E-state index contributed by atoms with van der Waals surface area (Å²) in [6, 6.07) is 0. The second-order valence-corrected chi connectivity index (χ2v) is 4.88. The van der Waals surface area contributed by atoms with E-state index in [1.807, 2.05) is 5.38 Å². The van der Waals surface area contributed by atoms with E-state index in [0.29, 0.717) is 6.42 Å². The number of aryl methyl sites for hydroxylation is 1. The van der Waals surface area contributed by atoms with E-state index in [2.05, 4.69) is 10.3 Å². The van der Waals surface area contributed by atoms with E-state index in [1.54, 1.807) is 7.11 Å². The molecule has 5 nitrogen and oxygen atoms in total. The molecule has 1 aromatic rings. The molecule has 1 aromatic heterocycles. The minimum Gasteiger partial charge on any atom is -0.481 e. The van der Waals surface area contributed by atoms with E-state index in [-0.39, 0.29) is 6.42 Å². The van der Waals surface area contributed by atoms with Crippen molar-refractivity contribution in [1.82, 2.24) is 4.98 Å². The number of aliphatic carboxylic acids is 1. The van der Waals surface area contributed by atoms with Gasteiger partial charge >= 0.3 is 5.97 Å². The van der Waals surface area contributed by atoms with Crippen molar-refractivity contribution in [2.75, 3.05) is 25.6 Å². The Kier molecular flexibility index (Phi) is 7.36. The molecule has 0 amide bonds. The van der Waals surface area contributed by atoms with E-state index < -0.39 is 5.97 Å². The second kappa shape index (κ2) is 8.88. The van der Waals surface area contributed by atoms with Crippen molar-refractivity contribution in [3.05, 3.63) is 11.1 Å². The second-order valence-electron chi connectivity index (χ2n) is 4.02. The maximum atomic E-state index is 10.4. The van der Waals surface area contributed by atoms with Gasteiger partial charge in [0, 0.05) is 32.1 Å². The van der Waals surface area contributed by atoms with Crippen LogP contribution in [0.1, 0.15) is 31.4 Å². The number of rotatable bonds is 10. The molecule has 0 atom stereocenters. The third kappa shape index (κ3) is 6.56. The van der Waals surface area contributed by atoms with Gasteiger partial charge in [-0.1, -0.05) is 0 Å². The predicted molar refractivity (Wildman–Crippen MR) is 72.3 cm³/mol. The number of ether oxygens (including phenoxy) is 1. The quantitative estimate of drug-likeness (QED) is 0.640. The van der Waals surface area contributed by atoms with Gasteiger partial charge in [-0.05, 0) is 19.3 Å². The van der Waals surface area contributed by atoms with Crippen LogP contribution in [-0.2, 0) is 16.0 Å². The Morgan fingerprint density at radius 2 is 2.33 bits per heavy atom. The van der Waals surface area contributed by atoms with Gasteiger partial charge in [0.2, 0.25) is 0 Å². The molecule has 0 fully saturated rings. The third-order valence-electron chi connectivity index (χ3n) is 2.45. The smallest absolute Gasteiger partial charge is 0.303 e. The van der Waals surface area contributed by atoms with Crippen molar-refractivity contribution in [1.29, 1.82) is 0 Å². The first-order valence-corrected chi connectivity index (χ1v) is 6.99. The molecule has 0 aliphatic heterocycles. The molecule has 102 valence electrons. The minimum absolute atomic E-state index is 0.139. The van der Waals surface area contributed by atoms with Crippen LogP contribution in [0.25, 0.3) is 0 Å². The summed E-state index contributed by atoms with van der Waals surface area (Å²) in [7, 11) is 1.71. The van der Waals surface area contributed by atoms with E-state index in [0.717, 1.165) is 43.2 Å². The van der Waals surface area contributed by atoms with Crippen LogP contribution in [0, 0.1) is 0 Å². The standard InChI is InChI=1S/C12H20N2O3S/c1-17-8-4-2-3-7-13-12-14-10(9-18-12)5-6-11(15)16/h9H,2-8H2,1H3,(H,13,14)(H,15,16). The largest absolute Gasteiger partial charge is 0.481 e. The summed E-state index contributed by atoms with van der Waals surface area (Å²) >= 11 is 1.53. The summed E-state index contributed by atoms with van der Waals surface area (Å²) in [5.41, 5.74) is 0.851. The number of carboxylic acids is 1. The van der Waals surface area contributed by atoms with Gasteiger partial charge in [-0.3, -0.25) is 4.79 Å². The first-order valence-electron chi connectivity index (χ1n) is 6.11. The molecular weight excluding hydrogens is 252 g/mol. The Hall–Kier alpha value is -1.14. The zero-order valence-electron chi connectivity index (χ0n) is 10.6. The summed E-state index contributed by atoms with van der Waals surface area (Å²) < 4.78 is 4.98. The van der Waals surface area contributed by atoms with Crippen molar-refractivity contribution in [3.63, 3.8) is 0 Å². The van der Waals surface area contributed by atoms with Crippen molar-refractivity contribution < 1.29 is 14.6 Å². The van der Waals surface area contributed by atoms with Crippen molar-refractivity contribution in [2.45, 2.75) is 32.1 Å². The van der Waals surface area contributed by atoms with Gasteiger partial charge in [0.25, 0.3) is 0 Å². The Morgan fingerprint density at radius 3 is 3.06 bits per heavy atom. The molecule has 0 saturated heterocycles. The van der Waals surface area contributed by atoms with Crippen LogP contribution in [0.4, 0.5) is 5.13 Å². The Balaban J connectivity index is 2.13. The first kappa shape index (κ1) is 14.9. The molecule has 2 N–H and O–H groups in total. The fourth-order valence-electron chi connectivity index (χ4n) is 1.48. The molecule has 1 rings (SSSR count).